The highest BCUT2D eigenvalue weighted by molar-refractivity contribution is 6.31. The Kier molecular flexibility index (Phi) is 2.84. The van der Waals surface area contributed by atoms with Crippen molar-refractivity contribution in [2.24, 2.45) is 0 Å². The molecule has 0 aliphatic carbocycles. The van der Waals surface area contributed by atoms with Crippen molar-refractivity contribution in [1.82, 2.24) is 9.97 Å². The SMILES string of the molecule is Fc1ccc(-c2nccc(Cl)n2)cc1Cl. The minimum atomic E-state index is -0.470. The lowest BCUT2D eigenvalue weighted by molar-refractivity contribution is 0.628. The van der Waals surface area contributed by atoms with Crippen LogP contribution in [0.25, 0.3) is 11.4 Å². The molecule has 0 aliphatic heterocycles. The van der Waals surface area contributed by atoms with Crippen molar-refractivity contribution in [3.05, 3.63) is 46.5 Å². The van der Waals surface area contributed by atoms with Crippen LogP contribution in [0.2, 0.25) is 10.2 Å². The monoisotopic (exact) mass is 242 g/mol. The number of aromatic nitrogens is 2. The minimum absolute atomic E-state index is 0.0380. The molecular formula is C10H5Cl2FN2. The third kappa shape index (κ3) is 2.25. The number of halogens is 3. The molecule has 0 amide bonds. The van der Waals surface area contributed by atoms with Gasteiger partial charge in [0, 0.05) is 11.8 Å². The zero-order valence-corrected chi connectivity index (χ0v) is 8.93. The maximum absolute atomic E-state index is 12.9. The van der Waals surface area contributed by atoms with E-state index in [4.69, 9.17) is 23.2 Å². The molecule has 0 saturated carbocycles. The van der Waals surface area contributed by atoms with Crippen LogP contribution in [-0.2, 0) is 0 Å². The number of hydrogen-bond donors (Lipinski definition) is 0. The molecule has 0 fully saturated rings. The van der Waals surface area contributed by atoms with Gasteiger partial charge < -0.3 is 0 Å². The highest BCUT2D eigenvalue weighted by atomic mass is 35.5. The first-order valence-corrected chi connectivity index (χ1v) is 4.86. The normalized spacial score (nSPS) is 10.3. The van der Waals surface area contributed by atoms with E-state index in [0.29, 0.717) is 16.5 Å². The fourth-order valence-electron chi connectivity index (χ4n) is 1.11. The third-order valence-electron chi connectivity index (χ3n) is 1.80. The quantitative estimate of drug-likeness (QED) is 0.715. The van der Waals surface area contributed by atoms with Gasteiger partial charge in [-0.3, -0.25) is 0 Å². The van der Waals surface area contributed by atoms with Crippen molar-refractivity contribution < 1.29 is 4.39 Å². The Balaban J connectivity index is 2.50. The van der Waals surface area contributed by atoms with Gasteiger partial charge in [0.05, 0.1) is 5.02 Å². The van der Waals surface area contributed by atoms with Gasteiger partial charge in [0.2, 0.25) is 0 Å². The van der Waals surface area contributed by atoms with Crippen molar-refractivity contribution in [2.75, 3.05) is 0 Å². The van der Waals surface area contributed by atoms with Gasteiger partial charge in [0.1, 0.15) is 11.0 Å². The molecule has 0 unspecified atom stereocenters. The second kappa shape index (κ2) is 4.13. The first kappa shape index (κ1) is 10.3. The van der Waals surface area contributed by atoms with Gasteiger partial charge in [-0.1, -0.05) is 23.2 Å². The number of nitrogens with zero attached hydrogens (tertiary/aromatic N) is 2. The van der Waals surface area contributed by atoms with E-state index >= 15 is 0 Å². The molecule has 2 aromatic rings. The Morgan fingerprint density at radius 2 is 1.93 bits per heavy atom. The van der Waals surface area contributed by atoms with Crippen LogP contribution in [0.4, 0.5) is 4.39 Å². The van der Waals surface area contributed by atoms with Crippen LogP contribution >= 0.6 is 23.2 Å². The van der Waals surface area contributed by atoms with Crippen molar-refractivity contribution in [1.29, 1.82) is 0 Å². The van der Waals surface area contributed by atoms with Gasteiger partial charge in [-0.15, -0.1) is 0 Å². The Hall–Kier alpha value is -1.19. The van der Waals surface area contributed by atoms with Gasteiger partial charge >= 0.3 is 0 Å². The largest absolute Gasteiger partial charge is 0.236 e. The molecule has 0 spiro atoms. The molecule has 0 saturated heterocycles. The van der Waals surface area contributed by atoms with E-state index in [0.717, 1.165) is 0 Å². The van der Waals surface area contributed by atoms with Gasteiger partial charge in [-0.25, -0.2) is 14.4 Å². The van der Waals surface area contributed by atoms with E-state index in [1.807, 2.05) is 0 Å². The third-order valence-corrected chi connectivity index (χ3v) is 2.30. The molecule has 0 atom stereocenters. The molecule has 5 heteroatoms. The highest BCUT2D eigenvalue weighted by Gasteiger charge is 2.05. The first-order chi connectivity index (χ1) is 7.16. The summed E-state index contributed by atoms with van der Waals surface area (Å²) < 4.78 is 12.9. The lowest BCUT2D eigenvalue weighted by atomic mass is 10.2. The topological polar surface area (TPSA) is 25.8 Å². The van der Waals surface area contributed by atoms with Crippen molar-refractivity contribution >= 4 is 23.2 Å². The summed E-state index contributed by atoms with van der Waals surface area (Å²) in [5.74, 6) is -0.0492. The fourth-order valence-corrected chi connectivity index (χ4v) is 1.43. The van der Waals surface area contributed by atoms with Gasteiger partial charge in [0.25, 0.3) is 0 Å². The average Bonchev–Trinajstić information content (AvgIpc) is 2.22. The summed E-state index contributed by atoms with van der Waals surface area (Å²) in [7, 11) is 0. The molecule has 1 aromatic heterocycles. The number of hydrogen-bond acceptors (Lipinski definition) is 2. The Bertz CT molecular complexity index is 503. The number of benzene rings is 1. The van der Waals surface area contributed by atoms with Crippen molar-refractivity contribution in [2.45, 2.75) is 0 Å². The summed E-state index contributed by atoms with van der Waals surface area (Å²) in [5, 5.41) is 0.372. The van der Waals surface area contributed by atoms with E-state index in [9.17, 15) is 4.39 Å². The van der Waals surface area contributed by atoms with E-state index in [1.54, 1.807) is 12.1 Å². The van der Waals surface area contributed by atoms with Gasteiger partial charge in [0.15, 0.2) is 5.82 Å². The van der Waals surface area contributed by atoms with Crippen LogP contribution < -0.4 is 0 Å². The fraction of sp³-hybridized carbons (Fsp3) is 0. The summed E-state index contributed by atoms with van der Waals surface area (Å²) >= 11 is 11.3. The zero-order valence-electron chi connectivity index (χ0n) is 7.42. The highest BCUT2D eigenvalue weighted by Crippen LogP contribution is 2.22. The van der Waals surface area contributed by atoms with E-state index in [1.165, 1.54) is 18.3 Å². The van der Waals surface area contributed by atoms with Crippen LogP contribution in [0, 0.1) is 5.82 Å². The standard InChI is InChI=1S/C10H5Cl2FN2/c11-7-5-6(1-2-8(7)13)10-14-4-3-9(12)15-10/h1-5H. The van der Waals surface area contributed by atoms with E-state index in [-0.39, 0.29) is 5.02 Å². The molecular weight excluding hydrogens is 238 g/mol. The van der Waals surface area contributed by atoms with Gasteiger partial charge in [-0.2, -0.15) is 0 Å². The van der Waals surface area contributed by atoms with Crippen LogP contribution in [0.3, 0.4) is 0 Å². The molecule has 2 rings (SSSR count). The lowest BCUT2D eigenvalue weighted by Gasteiger charge is -2.01. The van der Waals surface area contributed by atoms with Crippen LogP contribution in [0.1, 0.15) is 0 Å². The summed E-state index contributed by atoms with van der Waals surface area (Å²) in [6.07, 6.45) is 1.53. The Morgan fingerprint density at radius 3 is 2.60 bits per heavy atom. The summed E-state index contributed by atoms with van der Waals surface area (Å²) in [6.45, 7) is 0. The maximum Gasteiger partial charge on any atom is 0.160 e. The first-order valence-electron chi connectivity index (χ1n) is 4.11. The molecule has 76 valence electrons. The lowest BCUT2D eigenvalue weighted by Crippen LogP contribution is -1.89. The number of rotatable bonds is 1. The molecule has 0 N–H and O–H groups in total. The van der Waals surface area contributed by atoms with Crippen LogP contribution in [0.5, 0.6) is 0 Å². The van der Waals surface area contributed by atoms with Crippen LogP contribution in [-0.4, -0.2) is 9.97 Å². The zero-order chi connectivity index (χ0) is 10.8. The van der Waals surface area contributed by atoms with Crippen LogP contribution in [0.15, 0.2) is 30.5 Å². The molecule has 0 aliphatic rings. The van der Waals surface area contributed by atoms with Crippen molar-refractivity contribution in [3.8, 4) is 11.4 Å². The predicted octanol–water partition coefficient (Wildman–Crippen LogP) is 3.59. The summed E-state index contributed by atoms with van der Waals surface area (Å²) in [6, 6.07) is 5.84. The second-order valence-electron chi connectivity index (χ2n) is 2.83. The van der Waals surface area contributed by atoms with Crippen molar-refractivity contribution in [3.63, 3.8) is 0 Å². The summed E-state index contributed by atoms with van der Waals surface area (Å²) in [5.41, 5.74) is 0.629. The Morgan fingerprint density at radius 1 is 1.13 bits per heavy atom. The molecule has 1 heterocycles. The van der Waals surface area contributed by atoms with E-state index < -0.39 is 5.82 Å². The second-order valence-corrected chi connectivity index (χ2v) is 3.63. The Labute approximate surface area is 95.7 Å². The molecule has 15 heavy (non-hydrogen) atoms. The maximum atomic E-state index is 12.9. The molecule has 0 bridgehead atoms. The molecule has 0 radical (unpaired) electrons. The minimum Gasteiger partial charge on any atom is -0.236 e. The van der Waals surface area contributed by atoms with E-state index in [2.05, 4.69) is 9.97 Å². The average molecular weight is 243 g/mol. The molecule has 2 nitrogen and oxygen atoms in total. The predicted molar refractivity (Wildman–Crippen MR) is 57.4 cm³/mol. The van der Waals surface area contributed by atoms with Gasteiger partial charge in [-0.05, 0) is 24.3 Å². The summed E-state index contributed by atoms with van der Waals surface area (Å²) in [4.78, 5) is 7.99. The molecule has 1 aromatic carbocycles. The smallest absolute Gasteiger partial charge is 0.160 e.